The van der Waals surface area contributed by atoms with Gasteiger partial charge in [0.15, 0.2) is 5.52 Å². The van der Waals surface area contributed by atoms with Crippen molar-refractivity contribution in [1.29, 1.82) is 5.26 Å². The summed E-state index contributed by atoms with van der Waals surface area (Å²) < 4.78 is 7.04. The number of rotatable bonds is 7. The van der Waals surface area contributed by atoms with Crippen molar-refractivity contribution in [2.24, 2.45) is 0 Å². The quantitative estimate of drug-likeness (QED) is 0.307. The first-order valence-electron chi connectivity index (χ1n) is 12.5. The second kappa shape index (κ2) is 17.6. The molecular formula is C27H42BN4OS+. The Labute approximate surface area is 211 Å². The van der Waals surface area contributed by atoms with Crippen LogP contribution in [0.4, 0.5) is 10.8 Å². The summed E-state index contributed by atoms with van der Waals surface area (Å²) in [5.41, 5.74) is 3.66. The topological polar surface area (TPSA) is 63.1 Å². The van der Waals surface area contributed by atoms with Crippen molar-refractivity contribution in [2.45, 2.75) is 69.0 Å². The third-order valence-electron chi connectivity index (χ3n) is 4.36. The van der Waals surface area contributed by atoms with Crippen LogP contribution in [0.5, 0.6) is 5.75 Å². The van der Waals surface area contributed by atoms with E-state index in [4.69, 9.17) is 9.92 Å². The Bertz CT molecular complexity index is 1040. The fourth-order valence-corrected chi connectivity index (χ4v) is 3.85. The van der Waals surface area contributed by atoms with Crippen LogP contribution >= 0.6 is 11.3 Å². The third-order valence-corrected chi connectivity index (χ3v) is 5.31. The summed E-state index contributed by atoms with van der Waals surface area (Å²) in [6.07, 6.45) is 1.92. The molecule has 0 aliphatic heterocycles. The van der Waals surface area contributed by atoms with Crippen LogP contribution in [-0.2, 0) is 0 Å². The van der Waals surface area contributed by atoms with Gasteiger partial charge in [0.05, 0.1) is 28.1 Å². The van der Waals surface area contributed by atoms with Gasteiger partial charge in [-0.05, 0) is 74.1 Å². The van der Waals surface area contributed by atoms with E-state index in [-0.39, 0.29) is 6.92 Å². The summed E-state index contributed by atoms with van der Waals surface area (Å²) in [6, 6.07) is 14.0. The third kappa shape index (κ3) is 9.19. The second-order valence-electron chi connectivity index (χ2n) is 6.66. The van der Waals surface area contributed by atoms with E-state index in [2.05, 4.69) is 53.0 Å². The first-order chi connectivity index (χ1) is 16.5. The minimum atomic E-state index is 0.0888. The van der Waals surface area contributed by atoms with Gasteiger partial charge in [-0.25, -0.2) is 4.99 Å². The van der Waals surface area contributed by atoms with Crippen LogP contribution in [0.3, 0.4) is 0 Å². The van der Waals surface area contributed by atoms with Gasteiger partial charge < -0.3 is 9.55 Å². The van der Waals surface area contributed by atoms with E-state index in [1.807, 2.05) is 73.5 Å². The van der Waals surface area contributed by atoms with Crippen molar-refractivity contribution >= 4 is 45.5 Å². The molecular weight excluding hydrogens is 439 g/mol. The molecule has 0 aliphatic rings. The highest BCUT2D eigenvalue weighted by atomic mass is 32.1. The lowest BCUT2D eigenvalue weighted by Gasteiger charge is -2.22. The number of aromatic nitrogens is 1. The monoisotopic (exact) mass is 481 g/mol. The predicted octanol–water partition coefficient (Wildman–Crippen LogP) is 6.55. The van der Waals surface area contributed by atoms with Crippen LogP contribution in [0.15, 0.2) is 36.4 Å². The Balaban J connectivity index is 0.00000168. The van der Waals surface area contributed by atoms with Crippen molar-refractivity contribution in [2.75, 3.05) is 18.0 Å². The molecule has 3 rings (SSSR count). The van der Waals surface area contributed by atoms with Crippen LogP contribution in [-0.4, -0.2) is 31.2 Å². The van der Waals surface area contributed by atoms with Crippen LogP contribution in [0, 0.1) is 11.3 Å². The van der Waals surface area contributed by atoms with E-state index in [1.54, 1.807) is 6.07 Å². The summed E-state index contributed by atoms with van der Waals surface area (Å²) >= 11 is 1.53. The molecule has 0 fully saturated rings. The minimum Gasteiger partial charge on any atom is -0.561 e. The van der Waals surface area contributed by atoms with Crippen LogP contribution in [0.2, 0.25) is 13.6 Å². The number of nitriles is 1. The Morgan fingerprint density at radius 3 is 2.24 bits per heavy atom. The second-order valence-corrected chi connectivity index (χ2v) is 7.69. The predicted molar refractivity (Wildman–Crippen MR) is 152 cm³/mol. The fraction of sp³-hybridized carbons (Fsp3) is 0.444. The molecule has 0 bridgehead atoms. The SMILES string of the molecule is CC.CC.CC.CCN(CC)c1ccc(/C=[NH+]/c2nc3ccc(C#N)cc3s2)c(OB(C)C)c1. The van der Waals surface area contributed by atoms with Gasteiger partial charge in [0, 0.05) is 24.8 Å². The maximum atomic E-state index is 9.05. The Hall–Kier alpha value is -2.85. The minimum absolute atomic E-state index is 0.0888. The number of benzene rings is 2. The van der Waals surface area contributed by atoms with Gasteiger partial charge in [-0.2, -0.15) is 5.26 Å². The van der Waals surface area contributed by atoms with Gasteiger partial charge in [-0.1, -0.05) is 41.5 Å². The smallest absolute Gasteiger partial charge is 0.381 e. The molecule has 184 valence electrons. The molecule has 0 unspecified atom stereocenters. The number of hydrogen-bond acceptors (Lipinski definition) is 5. The molecule has 2 aromatic carbocycles. The first-order valence-corrected chi connectivity index (χ1v) is 13.3. The average Bonchev–Trinajstić information content (AvgIpc) is 3.29. The van der Waals surface area contributed by atoms with Crippen molar-refractivity contribution in [3.05, 3.63) is 47.5 Å². The van der Waals surface area contributed by atoms with Crippen LogP contribution in [0.1, 0.15) is 66.5 Å². The van der Waals surface area contributed by atoms with Crippen LogP contribution in [0.25, 0.3) is 10.2 Å². The van der Waals surface area contributed by atoms with Gasteiger partial charge in [0.2, 0.25) is 0 Å². The summed E-state index contributed by atoms with van der Waals surface area (Å²) in [7, 11) is 0. The molecule has 1 heterocycles. The molecule has 5 nitrogen and oxygen atoms in total. The Morgan fingerprint density at radius 2 is 1.68 bits per heavy atom. The van der Waals surface area contributed by atoms with E-state index < -0.39 is 0 Å². The lowest BCUT2D eigenvalue weighted by atomic mass is 9.75. The van der Waals surface area contributed by atoms with Crippen molar-refractivity contribution in [3.8, 4) is 11.8 Å². The molecule has 0 radical (unpaired) electrons. The zero-order chi connectivity index (χ0) is 26.1. The highest BCUT2D eigenvalue weighted by Gasteiger charge is 2.14. The zero-order valence-electron chi connectivity index (χ0n) is 22.7. The van der Waals surface area contributed by atoms with Gasteiger partial charge >= 0.3 is 12.0 Å². The molecule has 1 N–H and O–H groups in total. The molecule has 7 heteroatoms. The van der Waals surface area contributed by atoms with Crippen molar-refractivity contribution < 1.29 is 9.65 Å². The summed E-state index contributed by atoms with van der Waals surface area (Å²) in [5, 5.41) is 9.84. The lowest BCUT2D eigenvalue weighted by Crippen LogP contribution is -2.61. The number of hydrogen-bond donors (Lipinski definition) is 1. The number of nitrogens with one attached hydrogen (secondary N) is 1. The molecule has 0 spiro atoms. The first kappa shape index (κ1) is 31.2. The Morgan fingerprint density at radius 1 is 1.03 bits per heavy atom. The molecule has 0 aliphatic carbocycles. The normalized spacial score (nSPS) is 9.56. The van der Waals surface area contributed by atoms with E-state index in [1.165, 1.54) is 11.3 Å². The average molecular weight is 482 g/mol. The largest absolute Gasteiger partial charge is 0.561 e. The number of nitrogens with zero attached hydrogens (tertiary/aromatic N) is 3. The maximum Gasteiger partial charge on any atom is 0.381 e. The zero-order valence-corrected chi connectivity index (χ0v) is 23.5. The lowest BCUT2D eigenvalue weighted by molar-refractivity contribution is -0.346. The van der Waals surface area contributed by atoms with E-state index in [0.29, 0.717) is 5.56 Å². The highest BCUT2D eigenvalue weighted by molar-refractivity contribution is 7.21. The molecule has 0 atom stereocenters. The van der Waals surface area contributed by atoms with E-state index >= 15 is 0 Å². The molecule has 0 saturated heterocycles. The number of anilines is 1. The van der Waals surface area contributed by atoms with E-state index in [0.717, 1.165) is 45.4 Å². The van der Waals surface area contributed by atoms with E-state index in [9.17, 15) is 0 Å². The summed E-state index contributed by atoms with van der Waals surface area (Å²) in [6.45, 7) is 22.4. The number of fused-ring (bicyclic) bond motifs is 1. The van der Waals surface area contributed by atoms with Crippen molar-refractivity contribution in [3.63, 3.8) is 0 Å². The van der Waals surface area contributed by atoms with Gasteiger partial charge in [-0.15, -0.1) is 0 Å². The number of thiazole rings is 1. The maximum absolute atomic E-state index is 9.05. The molecule has 0 amide bonds. The van der Waals surface area contributed by atoms with Gasteiger partial charge in [0.1, 0.15) is 5.75 Å². The standard InChI is InChI=1S/C21H23BN4OS.3C2H6/c1-5-26(6-2)17-9-8-16(19(12-17)27-22(3)4)14-24-21-25-18-10-7-15(13-23)11-20(18)28-21;3*1-2/h7-12,14H,5-6H2,1-4H3;3*1-2H3/p+1/b24-14+;;;. The summed E-state index contributed by atoms with van der Waals surface area (Å²) in [4.78, 5) is 10.2. The highest BCUT2D eigenvalue weighted by Crippen LogP contribution is 2.26. The fourth-order valence-electron chi connectivity index (χ4n) is 2.98. The molecule has 34 heavy (non-hydrogen) atoms. The molecule has 3 aromatic rings. The Kier molecular flexibility index (Phi) is 16.1. The molecule has 0 saturated carbocycles. The van der Waals surface area contributed by atoms with Gasteiger partial charge in [-0.3, -0.25) is 0 Å². The molecule has 1 aromatic heterocycles. The van der Waals surface area contributed by atoms with Crippen molar-refractivity contribution in [1.82, 2.24) is 4.98 Å². The van der Waals surface area contributed by atoms with Gasteiger partial charge in [0.25, 0.3) is 0 Å². The summed E-state index contributed by atoms with van der Waals surface area (Å²) in [5.74, 6) is 0.847. The van der Waals surface area contributed by atoms with Crippen LogP contribution < -0.4 is 14.5 Å².